The SMILES string of the molecule is CC[C@@H](C)OC(=O)c1c(N)n(Cc2ccc(C)cc2)c2nc3ccccc3nc12. The van der Waals surface area contributed by atoms with Crippen molar-refractivity contribution in [1.82, 2.24) is 14.5 Å². The van der Waals surface area contributed by atoms with Crippen LogP contribution in [0, 0.1) is 6.92 Å². The maximum absolute atomic E-state index is 12.9. The van der Waals surface area contributed by atoms with E-state index in [1.165, 1.54) is 5.56 Å². The number of esters is 1. The number of aryl methyl sites for hydroxylation is 1. The molecule has 0 radical (unpaired) electrons. The molecule has 0 aliphatic carbocycles. The Balaban J connectivity index is 1.91. The third-order valence-electron chi connectivity index (χ3n) is 5.14. The minimum atomic E-state index is -0.464. The van der Waals surface area contributed by atoms with Crippen LogP contribution >= 0.6 is 0 Å². The van der Waals surface area contributed by atoms with Gasteiger partial charge in [-0.3, -0.25) is 0 Å². The van der Waals surface area contributed by atoms with E-state index >= 15 is 0 Å². The number of para-hydroxylation sites is 2. The van der Waals surface area contributed by atoms with Gasteiger partial charge in [0.1, 0.15) is 16.9 Å². The zero-order valence-electron chi connectivity index (χ0n) is 16.8. The Bertz CT molecular complexity index is 1200. The summed E-state index contributed by atoms with van der Waals surface area (Å²) in [4.78, 5) is 22.4. The number of hydrogen-bond donors (Lipinski definition) is 1. The zero-order valence-corrected chi connectivity index (χ0v) is 16.8. The fraction of sp³-hybridized carbons (Fsp3) is 0.261. The molecule has 1 atom stereocenters. The highest BCUT2D eigenvalue weighted by molar-refractivity contribution is 6.08. The van der Waals surface area contributed by atoms with Crippen molar-refractivity contribution in [1.29, 1.82) is 0 Å². The predicted octanol–water partition coefficient (Wildman–Crippen LogP) is 4.48. The molecule has 2 heterocycles. The van der Waals surface area contributed by atoms with E-state index in [0.717, 1.165) is 17.5 Å². The first-order chi connectivity index (χ1) is 14.0. The maximum Gasteiger partial charge on any atom is 0.344 e. The topological polar surface area (TPSA) is 83.0 Å². The van der Waals surface area contributed by atoms with Crippen molar-refractivity contribution in [2.75, 3.05) is 5.73 Å². The first kappa shape index (κ1) is 18.9. The second-order valence-corrected chi connectivity index (χ2v) is 7.34. The zero-order chi connectivity index (χ0) is 20.5. The molecule has 4 rings (SSSR count). The molecule has 29 heavy (non-hydrogen) atoms. The van der Waals surface area contributed by atoms with Gasteiger partial charge in [0.15, 0.2) is 5.65 Å². The first-order valence-electron chi connectivity index (χ1n) is 9.79. The molecule has 2 aromatic heterocycles. The number of rotatable bonds is 5. The molecule has 6 heteroatoms. The number of nitrogens with zero attached hydrogens (tertiary/aromatic N) is 3. The van der Waals surface area contributed by atoms with Crippen LogP contribution in [0.3, 0.4) is 0 Å². The van der Waals surface area contributed by atoms with Crippen LogP contribution in [0.2, 0.25) is 0 Å². The lowest BCUT2D eigenvalue weighted by molar-refractivity contribution is 0.0338. The van der Waals surface area contributed by atoms with Crippen molar-refractivity contribution in [3.05, 3.63) is 65.2 Å². The van der Waals surface area contributed by atoms with E-state index in [1.807, 2.05) is 61.7 Å². The smallest absolute Gasteiger partial charge is 0.344 e. The Hall–Kier alpha value is -3.41. The van der Waals surface area contributed by atoms with Crippen LogP contribution in [0.4, 0.5) is 5.82 Å². The Labute approximate surface area is 169 Å². The van der Waals surface area contributed by atoms with Crippen molar-refractivity contribution in [2.45, 2.75) is 39.8 Å². The molecule has 0 fully saturated rings. The fourth-order valence-electron chi connectivity index (χ4n) is 3.28. The van der Waals surface area contributed by atoms with Gasteiger partial charge in [0.05, 0.1) is 23.7 Å². The van der Waals surface area contributed by atoms with Gasteiger partial charge in [0.25, 0.3) is 0 Å². The van der Waals surface area contributed by atoms with Gasteiger partial charge in [0, 0.05) is 0 Å². The molecular formula is C23H24N4O2. The Morgan fingerprint density at radius 1 is 1.10 bits per heavy atom. The highest BCUT2D eigenvalue weighted by Gasteiger charge is 2.26. The lowest BCUT2D eigenvalue weighted by atomic mass is 10.1. The molecule has 0 saturated heterocycles. The van der Waals surface area contributed by atoms with Gasteiger partial charge < -0.3 is 15.0 Å². The number of aromatic nitrogens is 3. The summed E-state index contributed by atoms with van der Waals surface area (Å²) in [5.74, 6) is -0.140. The largest absolute Gasteiger partial charge is 0.459 e. The van der Waals surface area contributed by atoms with Crippen LogP contribution in [0.1, 0.15) is 41.8 Å². The number of carbonyl (C=O) groups excluding carboxylic acids is 1. The van der Waals surface area contributed by atoms with E-state index in [2.05, 4.69) is 12.1 Å². The van der Waals surface area contributed by atoms with Gasteiger partial charge >= 0.3 is 5.97 Å². The van der Waals surface area contributed by atoms with Gasteiger partial charge in [-0.25, -0.2) is 14.8 Å². The standard InChI is InChI=1S/C23H24N4O2/c1-4-15(3)29-23(28)19-20-22(26-18-8-6-5-7-17(18)25-20)27(21(19)24)13-16-11-9-14(2)10-12-16/h5-12,15H,4,13,24H2,1-3H3/t15-/m1/s1. The number of carbonyl (C=O) groups is 1. The lowest BCUT2D eigenvalue weighted by Crippen LogP contribution is -2.16. The van der Waals surface area contributed by atoms with Crippen molar-refractivity contribution in [3.8, 4) is 0 Å². The highest BCUT2D eigenvalue weighted by Crippen LogP contribution is 2.29. The van der Waals surface area contributed by atoms with Gasteiger partial charge in [-0.05, 0) is 38.0 Å². The summed E-state index contributed by atoms with van der Waals surface area (Å²) >= 11 is 0. The third kappa shape index (κ3) is 3.53. The molecule has 0 aliphatic heterocycles. The van der Waals surface area contributed by atoms with Crippen molar-refractivity contribution in [2.24, 2.45) is 0 Å². The summed E-state index contributed by atoms with van der Waals surface area (Å²) in [6.07, 6.45) is 0.522. The lowest BCUT2D eigenvalue weighted by Gasteiger charge is -2.11. The quantitative estimate of drug-likeness (QED) is 0.510. The molecule has 0 unspecified atom stereocenters. The van der Waals surface area contributed by atoms with Gasteiger partial charge in [-0.2, -0.15) is 0 Å². The molecule has 0 aliphatic rings. The van der Waals surface area contributed by atoms with E-state index in [-0.39, 0.29) is 11.7 Å². The van der Waals surface area contributed by atoms with Gasteiger partial charge in [-0.15, -0.1) is 0 Å². The normalized spacial score (nSPS) is 12.4. The number of anilines is 1. The summed E-state index contributed by atoms with van der Waals surface area (Å²) in [6, 6.07) is 15.8. The summed E-state index contributed by atoms with van der Waals surface area (Å²) in [5, 5.41) is 0. The third-order valence-corrected chi connectivity index (χ3v) is 5.14. The summed E-state index contributed by atoms with van der Waals surface area (Å²) in [6.45, 7) is 6.37. The van der Waals surface area contributed by atoms with Crippen LogP contribution in [0.5, 0.6) is 0 Å². The second kappa shape index (κ2) is 7.54. The fourth-order valence-corrected chi connectivity index (χ4v) is 3.28. The summed E-state index contributed by atoms with van der Waals surface area (Å²) in [7, 11) is 0. The number of fused-ring (bicyclic) bond motifs is 2. The molecule has 6 nitrogen and oxygen atoms in total. The van der Waals surface area contributed by atoms with Crippen LogP contribution < -0.4 is 5.73 Å². The van der Waals surface area contributed by atoms with E-state index in [9.17, 15) is 4.79 Å². The van der Waals surface area contributed by atoms with E-state index in [4.69, 9.17) is 20.4 Å². The maximum atomic E-state index is 12.9. The molecule has 4 aromatic rings. The Morgan fingerprint density at radius 2 is 1.76 bits per heavy atom. The first-order valence-corrected chi connectivity index (χ1v) is 9.79. The average Bonchev–Trinajstić information content (AvgIpc) is 2.98. The number of nitrogens with two attached hydrogens (primary N) is 1. The molecule has 148 valence electrons. The molecule has 2 aromatic carbocycles. The molecule has 0 spiro atoms. The average molecular weight is 388 g/mol. The molecule has 0 amide bonds. The summed E-state index contributed by atoms with van der Waals surface area (Å²) in [5.41, 5.74) is 11.5. The monoisotopic (exact) mass is 388 g/mol. The second-order valence-electron chi connectivity index (χ2n) is 7.34. The van der Waals surface area contributed by atoms with Crippen molar-refractivity contribution in [3.63, 3.8) is 0 Å². The van der Waals surface area contributed by atoms with E-state index in [1.54, 1.807) is 0 Å². The van der Waals surface area contributed by atoms with E-state index in [0.29, 0.717) is 29.0 Å². The Morgan fingerprint density at radius 3 is 2.41 bits per heavy atom. The van der Waals surface area contributed by atoms with Crippen LogP contribution in [-0.2, 0) is 11.3 Å². The van der Waals surface area contributed by atoms with Crippen molar-refractivity contribution < 1.29 is 9.53 Å². The predicted molar refractivity (Wildman–Crippen MR) is 115 cm³/mol. The van der Waals surface area contributed by atoms with Gasteiger partial charge in [-0.1, -0.05) is 48.9 Å². The number of ether oxygens (including phenoxy) is 1. The molecular weight excluding hydrogens is 364 g/mol. The van der Waals surface area contributed by atoms with Gasteiger partial charge in [0.2, 0.25) is 0 Å². The van der Waals surface area contributed by atoms with Crippen LogP contribution in [0.25, 0.3) is 22.2 Å². The molecule has 2 N–H and O–H groups in total. The van der Waals surface area contributed by atoms with Crippen LogP contribution in [-0.4, -0.2) is 26.6 Å². The molecule has 0 bridgehead atoms. The summed E-state index contributed by atoms with van der Waals surface area (Å²) < 4.78 is 7.41. The van der Waals surface area contributed by atoms with Crippen molar-refractivity contribution >= 4 is 34.0 Å². The van der Waals surface area contributed by atoms with E-state index < -0.39 is 5.97 Å². The highest BCUT2D eigenvalue weighted by atomic mass is 16.5. The number of nitrogen functional groups attached to an aromatic ring is 1. The minimum absolute atomic E-state index is 0.203. The van der Waals surface area contributed by atoms with Crippen LogP contribution in [0.15, 0.2) is 48.5 Å². The minimum Gasteiger partial charge on any atom is -0.459 e. The number of hydrogen-bond acceptors (Lipinski definition) is 5. The number of benzene rings is 2. The Kier molecular flexibility index (Phi) is 4.92. The molecule has 0 saturated carbocycles.